The quantitative estimate of drug-likeness (QED) is 0.733. The van der Waals surface area contributed by atoms with Gasteiger partial charge in [-0.1, -0.05) is 12.8 Å². The molecule has 4 rings (SSSR count). The molecular weight excluding hydrogens is 358 g/mol. The highest BCUT2D eigenvalue weighted by molar-refractivity contribution is 7.99. The Balaban J connectivity index is 0.00000182. The number of hydrogen-bond donors (Lipinski definition) is 3. The summed E-state index contributed by atoms with van der Waals surface area (Å²) in [5.74, 6) is 2.41. The van der Waals surface area contributed by atoms with Crippen LogP contribution in [0.1, 0.15) is 47.4 Å². The molecule has 25 heavy (non-hydrogen) atoms. The number of carbonyl (C=O) groups excluding carboxylic acids is 1. The Labute approximate surface area is 159 Å². The second-order valence-electron chi connectivity index (χ2n) is 7.17. The Morgan fingerprint density at radius 3 is 2.80 bits per heavy atom. The third-order valence-corrected chi connectivity index (χ3v) is 6.76. The van der Waals surface area contributed by atoms with E-state index in [0.29, 0.717) is 5.69 Å². The Morgan fingerprint density at radius 1 is 1.28 bits per heavy atom. The van der Waals surface area contributed by atoms with Crippen molar-refractivity contribution in [2.45, 2.75) is 44.2 Å². The smallest absolute Gasteiger partial charge is 0.272 e. The summed E-state index contributed by atoms with van der Waals surface area (Å²) in [6.45, 7) is 4.76. The van der Waals surface area contributed by atoms with Gasteiger partial charge in [0, 0.05) is 67.4 Å². The molecule has 8 heteroatoms. The van der Waals surface area contributed by atoms with Gasteiger partial charge in [0.1, 0.15) is 0 Å². The summed E-state index contributed by atoms with van der Waals surface area (Å²) in [7, 11) is 0. The number of amides is 1. The number of halogens is 1. The lowest BCUT2D eigenvalue weighted by Gasteiger charge is -2.43. The molecule has 6 nitrogen and oxygen atoms in total. The third kappa shape index (κ3) is 3.84. The summed E-state index contributed by atoms with van der Waals surface area (Å²) in [6.07, 6.45) is 5.89. The summed E-state index contributed by atoms with van der Waals surface area (Å²) in [5.41, 5.74) is 2.92. The van der Waals surface area contributed by atoms with Crippen molar-refractivity contribution in [3.63, 3.8) is 0 Å². The minimum absolute atomic E-state index is 0. The Morgan fingerprint density at radius 2 is 2.04 bits per heavy atom. The van der Waals surface area contributed by atoms with Gasteiger partial charge in [-0.05, 0) is 12.8 Å². The fourth-order valence-electron chi connectivity index (χ4n) is 4.42. The number of H-pyrrole nitrogens is 1. The Bertz CT molecular complexity index is 596. The minimum atomic E-state index is -0.0196. The van der Waals surface area contributed by atoms with Crippen LogP contribution < -0.4 is 10.6 Å². The van der Waals surface area contributed by atoms with Crippen LogP contribution in [0.2, 0.25) is 0 Å². The van der Waals surface area contributed by atoms with Gasteiger partial charge in [-0.15, -0.1) is 12.4 Å². The van der Waals surface area contributed by atoms with E-state index in [0.717, 1.165) is 50.4 Å². The number of carbonyl (C=O) groups is 1. The molecule has 1 saturated carbocycles. The van der Waals surface area contributed by atoms with Crippen LogP contribution in [0.3, 0.4) is 0 Å². The lowest BCUT2D eigenvalue weighted by atomic mass is 9.94. The maximum absolute atomic E-state index is 12.7. The van der Waals surface area contributed by atoms with Crippen LogP contribution in [0.4, 0.5) is 0 Å². The van der Waals surface area contributed by atoms with E-state index < -0.39 is 0 Å². The molecule has 1 saturated heterocycles. The van der Waals surface area contributed by atoms with Crippen molar-refractivity contribution < 1.29 is 4.79 Å². The lowest BCUT2D eigenvalue weighted by Crippen LogP contribution is -2.56. The number of nitrogens with zero attached hydrogens (tertiary/aromatic N) is 2. The van der Waals surface area contributed by atoms with Gasteiger partial charge in [0.15, 0.2) is 5.69 Å². The van der Waals surface area contributed by atoms with Crippen molar-refractivity contribution in [1.29, 1.82) is 0 Å². The molecule has 1 aromatic rings. The molecule has 3 N–H and O–H groups in total. The standard InChI is InChI=1S/C17H27N5OS.ClH/c23-16(15-13-11-18-6-3-14(13)20-21-15)19-12-17(4-1-2-5-17)22-7-9-24-10-8-22;/h18H,1-12H2,(H,19,23)(H,20,21);1H. The minimum Gasteiger partial charge on any atom is -0.349 e. The third-order valence-electron chi connectivity index (χ3n) is 5.82. The largest absolute Gasteiger partial charge is 0.349 e. The molecular formula is C17H28ClN5OS. The van der Waals surface area contributed by atoms with Crippen molar-refractivity contribution in [1.82, 2.24) is 25.7 Å². The van der Waals surface area contributed by atoms with Crippen molar-refractivity contribution in [3.8, 4) is 0 Å². The van der Waals surface area contributed by atoms with Gasteiger partial charge >= 0.3 is 0 Å². The van der Waals surface area contributed by atoms with Crippen molar-refractivity contribution in [3.05, 3.63) is 17.0 Å². The first-order valence-electron chi connectivity index (χ1n) is 9.16. The van der Waals surface area contributed by atoms with E-state index in [-0.39, 0.29) is 23.9 Å². The van der Waals surface area contributed by atoms with E-state index in [9.17, 15) is 4.79 Å². The van der Waals surface area contributed by atoms with Crippen molar-refractivity contribution in [2.24, 2.45) is 0 Å². The Kier molecular flexibility index (Phi) is 6.30. The average Bonchev–Trinajstić information content (AvgIpc) is 3.28. The van der Waals surface area contributed by atoms with Crippen LogP contribution in [-0.2, 0) is 13.0 Å². The average molecular weight is 386 g/mol. The first kappa shape index (κ1) is 19.0. The first-order chi connectivity index (χ1) is 11.8. The van der Waals surface area contributed by atoms with Crippen LogP contribution >= 0.6 is 24.2 Å². The number of aromatic amines is 1. The summed E-state index contributed by atoms with van der Waals surface area (Å²) < 4.78 is 0. The summed E-state index contributed by atoms with van der Waals surface area (Å²) in [4.78, 5) is 15.4. The van der Waals surface area contributed by atoms with Crippen LogP contribution in [0.5, 0.6) is 0 Å². The van der Waals surface area contributed by atoms with E-state index in [1.54, 1.807) is 0 Å². The molecule has 0 radical (unpaired) electrons. The fraction of sp³-hybridized carbons (Fsp3) is 0.765. The monoisotopic (exact) mass is 385 g/mol. The van der Waals surface area contributed by atoms with E-state index in [2.05, 4.69) is 25.7 Å². The van der Waals surface area contributed by atoms with Gasteiger partial charge in [-0.25, -0.2) is 0 Å². The number of hydrogen-bond acceptors (Lipinski definition) is 5. The van der Waals surface area contributed by atoms with E-state index in [4.69, 9.17) is 0 Å². The van der Waals surface area contributed by atoms with E-state index in [1.807, 2.05) is 11.8 Å². The van der Waals surface area contributed by atoms with Crippen LogP contribution in [0.25, 0.3) is 0 Å². The van der Waals surface area contributed by atoms with E-state index in [1.165, 1.54) is 37.2 Å². The molecule has 0 atom stereocenters. The number of fused-ring (bicyclic) bond motifs is 1. The highest BCUT2D eigenvalue weighted by Crippen LogP contribution is 2.36. The van der Waals surface area contributed by atoms with Gasteiger partial charge in [-0.3, -0.25) is 14.8 Å². The number of aromatic nitrogens is 2. The van der Waals surface area contributed by atoms with E-state index >= 15 is 0 Å². The normalized spacial score (nSPS) is 22.9. The topological polar surface area (TPSA) is 73.0 Å². The predicted octanol–water partition coefficient (Wildman–Crippen LogP) is 1.57. The number of rotatable bonds is 4. The highest BCUT2D eigenvalue weighted by atomic mass is 35.5. The van der Waals surface area contributed by atoms with Gasteiger partial charge in [0.05, 0.1) is 0 Å². The predicted molar refractivity (Wildman–Crippen MR) is 104 cm³/mol. The lowest BCUT2D eigenvalue weighted by molar-refractivity contribution is 0.0813. The summed E-state index contributed by atoms with van der Waals surface area (Å²) in [5, 5.41) is 13.9. The molecule has 0 spiro atoms. The maximum Gasteiger partial charge on any atom is 0.272 e. The van der Waals surface area contributed by atoms with Crippen molar-refractivity contribution in [2.75, 3.05) is 37.7 Å². The second-order valence-corrected chi connectivity index (χ2v) is 8.39. The zero-order valence-corrected chi connectivity index (χ0v) is 16.2. The van der Waals surface area contributed by atoms with Gasteiger partial charge in [0.2, 0.25) is 0 Å². The summed E-state index contributed by atoms with van der Waals surface area (Å²) >= 11 is 2.04. The number of thioether (sulfide) groups is 1. The molecule has 2 aliphatic heterocycles. The Hall–Kier alpha value is -0.760. The zero-order valence-electron chi connectivity index (χ0n) is 14.6. The van der Waals surface area contributed by atoms with Crippen LogP contribution in [-0.4, -0.2) is 64.2 Å². The molecule has 0 bridgehead atoms. The molecule has 1 amide bonds. The maximum atomic E-state index is 12.7. The molecule has 140 valence electrons. The summed E-state index contributed by atoms with van der Waals surface area (Å²) in [6, 6.07) is 0. The molecule has 2 fully saturated rings. The van der Waals surface area contributed by atoms with Gasteiger partial charge in [-0.2, -0.15) is 16.9 Å². The fourth-order valence-corrected chi connectivity index (χ4v) is 5.32. The van der Waals surface area contributed by atoms with Crippen LogP contribution in [0.15, 0.2) is 0 Å². The molecule has 3 aliphatic rings. The molecule has 3 heterocycles. The SMILES string of the molecule is Cl.O=C(NCC1(N2CCSCC2)CCCC1)c1n[nH]c2c1CNCC2. The highest BCUT2D eigenvalue weighted by Gasteiger charge is 2.40. The second kappa shape index (κ2) is 8.29. The first-order valence-corrected chi connectivity index (χ1v) is 10.3. The number of nitrogens with one attached hydrogen (secondary N) is 3. The van der Waals surface area contributed by atoms with Crippen molar-refractivity contribution >= 4 is 30.1 Å². The van der Waals surface area contributed by atoms with Gasteiger partial charge in [0.25, 0.3) is 5.91 Å². The molecule has 0 aromatic carbocycles. The van der Waals surface area contributed by atoms with Crippen LogP contribution in [0, 0.1) is 0 Å². The molecule has 0 unspecified atom stereocenters. The molecule has 1 aliphatic carbocycles. The molecule has 1 aromatic heterocycles. The zero-order chi connectivity index (χ0) is 16.4. The van der Waals surface area contributed by atoms with Gasteiger partial charge < -0.3 is 10.6 Å².